The van der Waals surface area contributed by atoms with Gasteiger partial charge in [0.15, 0.2) is 5.82 Å². The van der Waals surface area contributed by atoms with Crippen LogP contribution >= 0.6 is 0 Å². The third kappa shape index (κ3) is 3.68. The predicted molar refractivity (Wildman–Crippen MR) is 85.2 cm³/mol. The predicted octanol–water partition coefficient (Wildman–Crippen LogP) is 1.41. The SMILES string of the molecule is Cc1cc(Nc2cc(C)[nH]n2)nc(N2CC[C@H](NC(=O)O)C2)n1. The van der Waals surface area contributed by atoms with Crippen molar-refractivity contribution in [3.63, 3.8) is 0 Å². The van der Waals surface area contributed by atoms with Gasteiger partial charge < -0.3 is 20.6 Å². The van der Waals surface area contributed by atoms with Gasteiger partial charge in [0.1, 0.15) is 5.82 Å². The lowest BCUT2D eigenvalue weighted by molar-refractivity contribution is 0.191. The Kier molecular flexibility index (Phi) is 4.00. The molecule has 9 heteroatoms. The molecule has 0 unspecified atom stereocenters. The summed E-state index contributed by atoms with van der Waals surface area (Å²) in [4.78, 5) is 21.7. The third-order valence-electron chi connectivity index (χ3n) is 3.60. The Morgan fingerprint density at radius 3 is 2.87 bits per heavy atom. The van der Waals surface area contributed by atoms with Gasteiger partial charge in [-0.3, -0.25) is 5.10 Å². The van der Waals surface area contributed by atoms with Crippen molar-refractivity contribution in [3.05, 3.63) is 23.5 Å². The molecule has 1 amide bonds. The molecule has 0 saturated carbocycles. The molecule has 2 aromatic rings. The van der Waals surface area contributed by atoms with Crippen molar-refractivity contribution in [2.24, 2.45) is 0 Å². The number of carboxylic acid groups (broad SMARTS) is 1. The molecule has 1 saturated heterocycles. The van der Waals surface area contributed by atoms with Crippen LogP contribution in [0.5, 0.6) is 0 Å². The number of nitrogens with one attached hydrogen (secondary N) is 3. The van der Waals surface area contributed by atoms with Crippen LogP contribution in [0.25, 0.3) is 0 Å². The summed E-state index contributed by atoms with van der Waals surface area (Å²) < 4.78 is 0. The Labute approximate surface area is 133 Å². The van der Waals surface area contributed by atoms with Crippen LogP contribution < -0.4 is 15.5 Å². The van der Waals surface area contributed by atoms with Gasteiger partial charge in [-0.2, -0.15) is 10.1 Å². The summed E-state index contributed by atoms with van der Waals surface area (Å²) in [5.41, 5.74) is 1.79. The summed E-state index contributed by atoms with van der Waals surface area (Å²) in [6, 6.07) is 3.64. The second-order valence-electron chi connectivity index (χ2n) is 5.64. The molecule has 1 aliphatic rings. The van der Waals surface area contributed by atoms with E-state index in [4.69, 9.17) is 5.11 Å². The first kappa shape index (κ1) is 15.1. The highest BCUT2D eigenvalue weighted by molar-refractivity contribution is 5.65. The van der Waals surface area contributed by atoms with Gasteiger partial charge in [-0.15, -0.1) is 0 Å². The van der Waals surface area contributed by atoms with Gasteiger partial charge >= 0.3 is 6.09 Å². The van der Waals surface area contributed by atoms with E-state index in [0.29, 0.717) is 24.1 Å². The van der Waals surface area contributed by atoms with Gasteiger partial charge in [-0.1, -0.05) is 0 Å². The van der Waals surface area contributed by atoms with Crippen LogP contribution in [0, 0.1) is 13.8 Å². The minimum atomic E-state index is -1.00. The zero-order chi connectivity index (χ0) is 16.4. The molecular formula is C14H19N7O2. The molecule has 1 atom stereocenters. The second-order valence-corrected chi connectivity index (χ2v) is 5.64. The Morgan fingerprint density at radius 1 is 1.35 bits per heavy atom. The summed E-state index contributed by atoms with van der Waals surface area (Å²) in [6.45, 7) is 5.11. The van der Waals surface area contributed by atoms with Crippen LogP contribution in [0.15, 0.2) is 12.1 Å². The van der Waals surface area contributed by atoms with E-state index >= 15 is 0 Å². The van der Waals surface area contributed by atoms with E-state index in [1.807, 2.05) is 30.9 Å². The largest absolute Gasteiger partial charge is 0.465 e. The van der Waals surface area contributed by atoms with Crippen molar-refractivity contribution in [2.45, 2.75) is 26.3 Å². The van der Waals surface area contributed by atoms with Crippen LogP contribution in [0.1, 0.15) is 17.8 Å². The fourth-order valence-corrected chi connectivity index (χ4v) is 2.61. The molecule has 4 N–H and O–H groups in total. The lowest BCUT2D eigenvalue weighted by Crippen LogP contribution is -2.36. The van der Waals surface area contributed by atoms with E-state index in [0.717, 1.165) is 24.4 Å². The molecule has 0 radical (unpaired) electrons. The maximum atomic E-state index is 10.7. The maximum Gasteiger partial charge on any atom is 0.404 e. The number of H-pyrrole nitrogens is 1. The Bertz CT molecular complexity index is 715. The fraction of sp³-hybridized carbons (Fsp3) is 0.429. The molecule has 2 aromatic heterocycles. The topological polar surface area (TPSA) is 119 Å². The van der Waals surface area contributed by atoms with Crippen molar-refractivity contribution in [3.8, 4) is 0 Å². The number of anilines is 3. The highest BCUT2D eigenvalue weighted by Gasteiger charge is 2.26. The van der Waals surface area contributed by atoms with Gasteiger partial charge in [0, 0.05) is 36.6 Å². The number of aryl methyl sites for hydroxylation is 2. The molecule has 0 bridgehead atoms. The molecule has 23 heavy (non-hydrogen) atoms. The number of aromatic amines is 1. The summed E-state index contributed by atoms with van der Waals surface area (Å²) in [6.07, 6.45) is -0.261. The molecule has 0 spiro atoms. The molecule has 1 aliphatic heterocycles. The molecule has 3 heterocycles. The van der Waals surface area contributed by atoms with Crippen LogP contribution in [-0.2, 0) is 0 Å². The monoisotopic (exact) mass is 317 g/mol. The Balaban J connectivity index is 1.74. The first-order chi connectivity index (χ1) is 11.0. The van der Waals surface area contributed by atoms with E-state index in [1.54, 1.807) is 0 Å². The van der Waals surface area contributed by atoms with Crippen molar-refractivity contribution in [1.82, 2.24) is 25.5 Å². The minimum Gasteiger partial charge on any atom is -0.465 e. The number of nitrogens with zero attached hydrogens (tertiary/aromatic N) is 4. The zero-order valence-corrected chi connectivity index (χ0v) is 13.0. The second kappa shape index (κ2) is 6.11. The average molecular weight is 317 g/mol. The maximum absolute atomic E-state index is 10.7. The summed E-state index contributed by atoms with van der Waals surface area (Å²) in [7, 11) is 0. The van der Waals surface area contributed by atoms with Crippen LogP contribution in [0.2, 0.25) is 0 Å². The first-order valence-corrected chi connectivity index (χ1v) is 7.39. The highest BCUT2D eigenvalue weighted by Crippen LogP contribution is 2.21. The number of amides is 1. The molecule has 0 aromatic carbocycles. The molecule has 9 nitrogen and oxygen atoms in total. The zero-order valence-electron chi connectivity index (χ0n) is 13.0. The summed E-state index contributed by atoms with van der Waals surface area (Å²) in [5, 5.41) is 21.4. The van der Waals surface area contributed by atoms with Crippen molar-refractivity contribution < 1.29 is 9.90 Å². The van der Waals surface area contributed by atoms with Gasteiger partial charge in [0.25, 0.3) is 0 Å². The van der Waals surface area contributed by atoms with Crippen LogP contribution in [0.4, 0.5) is 22.4 Å². The van der Waals surface area contributed by atoms with E-state index in [9.17, 15) is 4.79 Å². The summed E-state index contributed by atoms with van der Waals surface area (Å²) >= 11 is 0. The van der Waals surface area contributed by atoms with Crippen LogP contribution in [0.3, 0.4) is 0 Å². The number of rotatable bonds is 4. The molecule has 3 rings (SSSR count). The highest BCUT2D eigenvalue weighted by atomic mass is 16.4. The normalized spacial score (nSPS) is 17.3. The van der Waals surface area contributed by atoms with E-state index < -0.39 is 6.09 Å². The number of aromatic nitrogens is 4. The lowest BCUT2D eigenvalue weighted by atomic mass is 10.3. The molecular weight excluding hydrogens is 298 g/mol. The molecule has 122 valence electrons. The standard InChI is InChI=1S/C14H19N7O2/c1-8-5-11(17-12-6-9(2)19-20-12)18-13(15-8)21-4-3-10(7-21)16-14(22)23/h5-6,10,16H,3-4,7H2,1-2H3,(H,22,23)(H2,15,17,18,19,20)/t10-/m0/s1. The number of carbonyl (C=O) groups is 1. The first-order valence-electron chi connectivity index (χ1n) is 7.39. The van der Waals surface area contributed by atoms with Crippen LogP contribution in [-0.4, -0.2) is 50.5 Å². The van der Waals surface area contributed by atoms with Gasteiger partial charge in [0.2, 0.25) is 5.95 Å². The van der Waals surface area contributed by atoms with Gasteiger partial charge in [-0.25, -0.2) is 9.78 Å². The fourth-order valence-electron chi connectivity index (χ4n) is 2.61. The van der Waals surface area contributed by atoms with E-state index in [2.05, 4.69) is 30.8 Å². The van der Waals surface area contributed by atoms with Crippen molar-refractivity contribution >= 4 is 23.7 Å². The number of hydrogen-bond donors (Lipinski definition) is 4. The molecule has 1 fully saturated rings. The minimum absolute atomic E-state index is 0.0954. The molecule has 0 aliphatic carbocycles. The summed E-state index contributed by atoms with van der Waals surface area (Å²) in [5.74, 6) is 1.95. The van der Waals surface area contributed by atoms with Gasteiger partial charge in [0.05, 0.1) is 6.04 Å². The lowest BCUT2D eigenvalue weighted by Gasteiger charge is -2.17. The average Bonchev–Trinajstić information content (AvgIpc) is 3.07. The van der Waals surface area contributed by atoms with E-state index in [-0.39, 0.29) is 6.04 Å². The van der Waals surface area contributed by atoms with Crippen molar-refractivity contribution in [1.29, 1.82) is 0 Å². The van der Waals surface area contributed by atoms with Crippen molar-refractivity contribution in [2.75, 3.05) is 23.3 Å². The smallest absolute Gasteiger partial charge is 0.404 e. The Hall–Kier alpha value is -2.84. The van der Waals surface area contributed by atoms with E-state index in [1.165, 1.54) is 0 Å². The number of hydrogen-bond acceptors (Lipinski definition) is 6. The third-order valence-corrected chi connectivity index (χ3v) is 3.60. The Morgan fingerprint density at radius 2 is 2.17 bits per heavy atom. The quantitative estimate of drug-likeness (QED) is 0.673. The van der Waals surface area contributed by atoms with Gasteiger partial charge in [-0.05, 0) is 20.3 Å².